The van der Waals surface area contributed by atoms with Crippen LogP contribution < -0.4 is 4.72 Å². The number of nitrogens with one attached hydrogen (secondary N) is 1. The first-order valence-electron chi connectivity index (χ1n) is 4.56. The number of hydrogen-bond donors (Lipinski definition) is 2. The summed E-state index contributed by atoms with van der Waals surface area (Å²) in [5, 5.41) is 8.78. The van der Waals surface area contributed by atoms with Crippen molar-refractivity contribution in [2.45, 2.75) is 17.4 Å². The zero-order valence-electron chi connectivity index (χ0n) is 8.70. The number of rotatable bonds is 5. The Kier molecular flexibility index (Phi) is 4.20. The third-order valence-corrected chi connectivity index (χ3v) is 3.32. The first-order chi connectivity index (χ1) is 7.97. The molecule has 0 aliphatic rings. The van der Waals surface area contributed by atoms with E-state index in [0.717, 1.165) is 6.20 Å². The lowest BCUT2D eigenvalue weighted by molar-refractivity contribution is -0.138. The van der Waals surface area contributed by atoms with Gasteiger partial charge in [0.1, 0.15) is 10.9 Å². The topological polar surface area (TPSA) is 96.4 Å². The van der Waals surface area contributed by atoms with E-state index in [2.05, 4.69) is 10.9 Å². The second-order valence-electron chi connectivity index (χ2n) is 3.11. The Bertz CT molecular complexity index is 533. The van der Waals surface area contributed by atoms with Gasteiger partial charge in [-0.3, -0.25) is 9.78 Å². The van der Waals surface area contributed by atoms with E-state index in [4.69, 9.17) is 11.5 Å². The van der Waals surface area contributed by atoms with Crippen molar-refractivity contribution < 1.29 is 18.3 Å². The van der Waals surface area contributed by atoms with Gasteiger partial charge in [-0.1, -0.05) is 0 Å². The van der Waals surface area contributed by atoms with Gasteiger partial charge in [0.25, 0.3) is 0 Å². The van der Waals surface area contributed by atoms with Gasteiger partial charge in [0.05, 0.1) is 0 Å². The van der Waals surface area contributed by atoms with Gasteiger partial charge in [0.2, 0.25) is 10.0 Å². The van der Waals surface area contributed by atoms with Crippen LogP contribution in [0.2, 0.25) is 0 Å². The lowest BCUT2D eigenvalue weighted by Gasteiger charge is -2.11. The van der Waals surface area contributed by atoms with Crippen LogP contribution in [0.25, 0.3) is 0 Å². The molecule has 17 heavy (non-hydrogen) atoms. The number of carboxylic acids is 1. The van der Waals surface area contributed by atoms with Crippen molar-refractivity contribution in [1.82, 2.24) is 9.71 Å². The molecule has 1 atom stereocenters. The summed E-state index contributed by atoms with van der Waals surface area (Å²) in [4.78, 5) is 14.3. The Morgan fingerprint density at radius 1 is 1.65 bits per heavy atom. The predicted molar refractivity (Wildman–Crippen MR) is 59.4 cm³/mol. The van der Waals surface area contributed by atoms with Crippen molar-refractivity contribution in [3.05, 3.63) is 24.5 Å². The summed E-state index contributed by atoms with van der Waals surface area (Å²) in [6, 6.07) is 1.40. The van der Waals surface area contributed by atoms with E-state index >= 15 is 0 Å². The number of aromatic nitrogens is 1. The molecule has 0 spiro atoms. The predicted octanol–water partition coefficient (Wildman–Crippen LogP) is -0.164. The number of nitrogens with zero attached hydrogens (tertiary/aromatic N) is 1. The van der Waals surface area contributed by atoms with Crippen LogP contribution in [0.15, 0.2) is 29.4 Å². The van der Waals surface area contributed by atoms with Gasteiger partial charge < -0.3 is 5.11 Å². The summed E-state index contributed by atoms with van der Waals surface area (Å²) in [6.45, 7) is 0. The van der Waals surface area contributed by atoms with Crippen LogP contribution in [0.1, 0.15) is 6.42 Å². The monoisotopic (exact) mass is 254 g/mol. The van der Waals surface area contributed by atoms with E-state index in [9.17, 15) is 13.2 Å². The van der Waals surface area contributed by atoms with Crippen molar-refractivity contribution in [2.24, 2.45) is 0 Å². The first kappa shape index (κ1) is 13.2. The van der Waals surface area contributed by atoms with E-state index in [1.54, 1.807) is 0 Å². The van der Waals surface area contributed by atoms with Crippen LogP contribution in [0, 0.1) is 12.3 Å². The first-order valence-corrected chi connectivity index (χ1v) is 6.04. The van der Waals surface area contributed by atoms with Gasteiger partial charge >= 0.3 is 5.97 Å². The molecule has 1 rings (SSSR count). The molecule has 0 aromatic carbocycles. The van der Waals surface area contributed by atoms with Gasteiger partial charge in [-0.15, -0.1) is 12.3 Å². The standard InChI is InChI=1S/C10H10N2O4S/c1-2-4-9(10(13)14)12-17(15,16)8-5-3-6-11-7-8/h1,3,5-7,9,12H,4H2,(H,13,14). The maximum absolute atomic E-state index is 11.7. The van der Waals surface area contributed by atoms with Crippen LogP contribution in [-0.2, 0) is 14.8 Å². The molecule has 1 heterocycles. The Hall–Kier alpha value is -1.91. The molecular formula is C10H10N2O4S. The average molecular weight is 254 g/mol. The fourth-order valence-electron chi connectivity index (χ4n) is 1.06. The summed E-state index contributed by atoms with van der Waals surface area (Å²) in [6.07, 6.45) is 7.27. The summed E-state index contributed by atoms with van der Waals surface area (Å²) < 4.78 is 25.5. The molecular weight excluding hydrogens is 244 g/mol. The minimum atomic E-state index is -3.92. The molecule has 90 valence electrons. The third kappa shape index (κ3) is 3.55. The van der Waals surface area contributed by atoms with Crippen molar-refractivity contribution in [3.8, 4) is 12.3 Å². The zero-order chi connectivity index (χ0) is 12.9. The normalized spacial score (nSPS) is 12.6. The number of terminal acetylenes is 1. The molecule has 0 fully saturated rings. The molecule has 0 amide bonds. The summed E-state index contributed by atoms with van der Waals surface area (Å²) in [5.41, 5.74) is 0. The van der Waals surface area contributed by atoms with Gasteiger partial charge in [-0.25, -0.2) is 8.42 Å². The molecule has 0 aliphatic carbocycles. The summed E-state index contributed by atoms with van der Waals surface area (Å²) in [7, 11) is -3.92. The number of hydrogen-bond acceptors (Lipinski definition) is 4. The maximum atomic E-state index is 11.7. The fourth-order valence-corrected chi connectivity index (χ4v) is 2.21. The van der Waals surface area contributed by atoms with Gasteiger partial charge in [-0.05, 0) is 12.1 Å². The van der Waals surface area contributed by atoms with E-state index in [1.807, 2.05) is 4.72 Å². The van der Waals surface area contributed by atoms with Crippen molar-refractivity contribution in [3.63, 3.8) is 0 Å². The molecule has 0 aliphatic heterocycles. The number of carboxylic acid groups (broad SMARTS) is 1. The number of pyridine rings is 1. The highest BCUT2D eigenvalue weighted by Gasteiger charge is 2.24. The van der Waals surface area contributed by atoms with Gasteiger partial charge in [0, 0.05) is 18.8 Å². The molecule has 7 heteroatoms. The number of carbonyl (C=O) groups is 1. The lowest BCUT2D eigenvalue weighted by atomic mass is 10.2. The van der Waals surface area contributed by atoms with E-state index in [-0.39, 0.29) is 11.3 Å². The molecule has 6 nitrogen and oxygen atoms in total. The largest absolute Gasteiger partial charge is 0.480 e. The average Bonchev–Trinajstić information content (AvgIpc) is 2.29. The quantitative estimate of drug-likeness (QED) is 0.711. The molecule has 1 aromatic heterocycles. The lowest BCUT2D eigenvalue weighted by Crippen LogP contribution is -2.40. The molecule has 0 bridgehead atoms. The second kappa shape index (κ2) is 5.43. The fraction of sp³-hybridized carbons (Fsp3) is 0.200. The molecule has 1 unspecified atom stereocenters. The van der Waals surface area contributed by atoms with Crippen molar-refractivity contribution in [2.75, 3.05) is 0 Å². The Morgan fingerprint density at radius 2 is 2.35 bits per heavy atom. The smallest absolute Gasteiger partial charge is 0.322 e. The Morgan fingerprint density at radius 3 is 2.82 bits per heavy atom. The summed E-state index contributed by atoms with van der Waals surface area (Å²) >= 11 is 0. The Labute approximate surface area is 98.7 Å². The minimum Gasteiger partial charge on any atom is -0.480 e. The molecule has 0 radical (unpaired) electrons. The van der Waals surface area contributed by atoms with Gasteiger partial charge in [0.15, 0.2) is 0 Å². The van der Waals surface area contributed by atoms with E-state index in [0.29, 0.717) is 0 Å². The number of sulfonamides is 1. The van der Waals surface area contributed by atoms with E-state index < -0.39 is 22.0 Å². The van der Waals surface area contributed by atoms with Crippen LogP contribution >= 0.6 is 0 Å². The molecule has 0 saturated carbocycles. The molecule has 0 saturated heterocycles. The van der Waals surface area contributed by atoms with E-state index in [1.165, 1.54) is 18.3 Å². The zero-order valence-corrected chi connectivity index (χ0v) is 9.52. The highest BCUT2D eigenvalue weighted by Crippen LogP contribution is 2.07. The summed E-state index contributed by atoms with van der Waals surface area (Å²) in [5.74, 6) is 0.776. The van der Waals surface area contributed by atoms with Crippen molar-refractivity contribution >= 4 is 16.0 Å². The van der Waals surface area contributed by atoms with Crippen LogP contribution in [0.5, 0.6) is 0 Å². The van der Waals surface area contributed by atoms with Gasteiger partial charge in [-0.2, -0.15) is 4.72 Å². The van der Waals surface area contributed by atoms with Crippen LogP contribution in [-0.4, -0.2) is 30.5 Å². The van der Waals surface area contributed by atoms with Crippen molar-refractivity contribution in [1.29, 1.82) is 0 Å². The molecule has 1 aromatic rings. The van der Waals surface area contributed by atoms with Crippen LogP contribution in [0.3, 0.4) is 0 Å². The minimum absolute atomic E-state index is 0.108. The maximum Gasteiger partial charge on any atom is 0.322 e. The van der Waals surface area contributed by atoms with Crippen LogP contribution in [0.4, 0.5) is 0 Å². The molecule has 2 N–H and O–H groups in total. The number of aliphatic carboxylic acids is 1. The second-order valence-corrected chi connectivity index (χ2v) is 4.82. The highest BCUT2D eigenvalue weighted by molar-refractivity contribution is 7.89. The third-order valence-electron chi connectivity index (χ3n) is 1.86. The SMILES string of the molecule is C#CCC(NS(=O)(=O)c1cccnc1)C(=O)O. The Balaban J connectivity index is 2.94. The highest BCUT2D eigenvalue weighted by atomic mass is 32.2.